The van der Waals surface area contributed by atoms with Crippen molar-refractivity contribution in [1.82, 2.24) is 0 Å². The van der Waals surface area contributed by atoms with Crippen LogP contribution >= 0.6 is 0 Å². The summed E-state index contributed by atoms with van der Waals surface area (Å²) in [6.45, 7) is 4.86. The van der Waals surface area contributed by atoms with Gasteiger partial charge >= 0.3 is 0 Å². The zero-order valence-corrected chi connectivity index (χ0v) is 17.4. The first-order valence-electron chi connectivity index (χ1n) is 11.1. The van der Waals surface area contributed by atoms with Gasteiger partial charge in [0.1, 0.15) is 6.61 Å². The fraction of sp³-hybridized carbons (Fsp3) is 0.957. The number of ether oxygens (including phenoxy) is 1. The fourth-order valence-electron chi connectivity index (χ4n) is 8.42. The van der Waals surface area contributed by atoms with Crippen LogP contribution in [0.4, 0.5) is 0 Å². The van der Waals surface area contributed by atoms with Crippen LogP contribution in [0.25, 0.3) is 0 Å². The molecule has 0 heterocycles. The van der Waals surface area contributed by atoms with Crippen molar-refractivity contribution < 1.29 is 19.7 Å². The lowest BCUT2D eigenvalue weighted by molar-refractivity contribution is -0.175. The molecule has 0 bridgehead atoms. The molecule has 4 aliphatic carbocycles. The summed E-state index contributed by atoms with van der Waals surface area (Å²) in [5.41, 5.74) is -0.244. The van der Waals surface area contributed by atoms with E-state index in [0.29, 0.717) is 23.7 Å². The molecule has 8 atom stereocenters. The fourth-order valence-corrected chi connectivity index (χ4v) is 8.42. The van der Waals surface area contributed by atoms with Gasteiger partial charge in [-0.25, -0.2) is 0 Å². The van der Waals surface area contributed by atoms with Gasteiger partial charge in [-0.15, -0.1) is 0 Å². The van der Waals surface area contributed by atoms with Crippen molar-refractivity contribution in [3.05, 3.63) is 0 Å². The number of aliphatic hydroxyl groups excluding tert-OH is 1. The first-order chi connectivity index (χ1) is 12.8. The van der Waals surface area contributed by atoms with Crippen LogP contribution in [0, 0.1) is 40.4 Å². The molecule has 0 saturated heterocycles. The van der Waals surface area contributed by atoms with E-state index in [0.717, 1.165) is 45.1 Å². The Labute approximate surface area is 164 Å². The summed E-state index contributed by atoms with van der Waals surface area (Å²) in [7, 11) is 1.83. The monoisotopic (exact) mass is 378 g/mol. The largest absolute Gasteiger partial charge is 0.390 e. The average Bonchev–Trinajstić information content (AvgIpc) is 2.98. The number of Topliss-reactive ketones (excluding diaryl/α,β-unsaturated/α-hetero) is 1. The van der Waals surface area contributed by atoms with E-state index in [-0.39, 0.29) is 29.1 Å². The van der Waals surface area contributed by atoms with E-state index in [1.807, 2.05) is 14.0 Å². The third kappa shape index (κ3) is 2.93. The van der Waals surface area contributed by atoms with Gasteiger partial charge in [0.25, 0.3) is 0 Å². The van der Waals surface area contributed by atoms with Crippen LogP contribution in [0.5, 0.6) is 0 Å². The number of ketones is 1. The lowest BCUT2D eigenvalue weighted by Gasteiger charge is -2.62. The summed E-state index contributed by atoms with van der Waals surface area (Å²) in [6, 6.07) is 0. The van der Waals surface area contributed by atoms with Crippen molar-refractivity contribution in [2.75, 3.05) is 20.3 Å². The van der Waals surface area contributed by atoms with Gasteiger partial charge in [-0.2, -0.15) is 0 Å². The van der Waals surface area contributed by atoms with Gasteiger partial charge in [-0.1, -0.05) is 6.92 Å². The molecule has 4 nitrogen and oxygen atoms in total. The number of hydrogen-bond acceptors (Lipinski definition) is 4. The minimum Gasteiger partial charge on any atom is -0.390 e. The molecule has 0 aromatic heterocycles. The maximum absolute atomic E-state index is 12.4. The van der Waals surface area contributed by atoms with E-state index in [2.05, 4.69) is 6.92 Å². The van der Waals surface area contributed by atoms with Crippen molar-refractivity contribution >= 4 is 5.78 Å². The molecule has 4 aliphatic rings. The first kappa shape index (κ1) is 19.8. The molecule has 4 saturated carbocycles. The summed E-state index contributed by atoms with van der Waals surface area (Å²) in [6.07, 6.45) is 9.65. The molecule has 0 aromatic carbocycles. The van der Waals surface area contributed by atoms with Crippen LogP contribution < -0.4 is 0 Å². The maximum atomic E-state index is 12.4. The highest BCUT2D eigenvalue weighted by atomic mass is 16.5. The molecule has 0 aliphatic heterocycles. The highest BCUT2D eigenvalue weighted by Crippen LogP contribution is 2.68. The molecule has 0 radical (unpaired) electrons. The lowest BCUT2D eigenvalue weighted by atomic mass is 9.43. The van der Waals surface area contributed by atoms with Crippen LogP contribution in [0.3, 0.4) is 0 Å². The Bertz CT molecular complexity index is 587. The molecule has 4 rings (SSSR count). The second kappa shape index (κ2) is 6.81. The first-order valence-corrected chi connectivity index (χ1v) is 11.1. The van der Waals surface area contributed by atoms with Crippen LogP contribution in [0.1, 0.15) is 71.6 Å². The van der Waals surface area contributed by atoms with Crippen molar-refractivity contribution in [2.45, 2.75) is 77.2 Å². The van der Waals surface area contributed by atoms with Gasteiger partial charge in [0.2, 0.25) is 0 Å². The predicted molar refractivity (Wildman–Crippen MR) is 104 cm³/mol. The van der Waals surface area contributed by atoms with Gasteiger partial charge in [0, 0.05) is 13.0 Å². The molecule has 0 spiro atoms. The summed E-state index contributed by atoms with van der Waals surface area (Å²) in [4.78, 5) is 12.4. The summed E-state index contributed by atoms with van der Waals surface area (Å²) in [5, 5.41) is 20.2. The highest BCUT2D eigenvalue weighted by molar-refractivity contribution is 5.83. The maximum Gasteiger partial charge on any atom is 0.161 e. The Morgan fingerprint density at radius 2 is 1.81 bits per heavy atom. The molecule has 154 valence electrons. The second-order valence-electron chi connectivity index (χ2n) is 10.8. The van der Waals surface area contributed by atoms with Crippen molar-refractivity contribution in [1.29, 1.82) is 0 Å². The zero-order valence-electron chi connectivity index (χ0n) is 17.4. The standard InChI is InChI=1S/C23H38O4/c1-21(26)10-11-23(14-27-3)15(12-21)4-5-16-17-6-7-19(20(25)13-24)22(17,2)9-8-18(16)23/h15-19,24,26H,4-14H2,1-3H3/t15-,16-,17-,18-,19+,21+,22-,23+/m0/s1. The van der Waals surface area contributed by atoms with Gasteiger partial charge in [0.15, 0.2) is 5.78 Å². The number of rotatable bonds is 4. The quantitative estimate of drug-likeness (QED) is 0.785. The van der Waals surface area contributed by atoms with E-state index < -0.39 is 5.60 Å². The number of hydrogen-bond donors (Lipinski definition) is 2. The topological polar surface area (TPSA) is 66.8 Å². The van der Waals surface area contributed by atoms with E-state index in [4.69, 9.17) is 4.74 Å². The molecule has 27 heavy (non-hydrogen) atoms. The number of fused-ring (bicyclic) bond motifs is 5. The Kier molecular flexibility index (Phi) is 5.01. The summed E-state index contributed by atoms with van der Waals surface area (Å²) >= 11 is 0. The molecule has 4 fully saturated rings. The Hall–Kier alpha value is -0.450. The minimum absolute atomic E-state index is 0.0524. The van der Waals surface area contributed by atoms with Crippen LogP contribution in [0.15, 0.2) is 0 Å². The minimum atomic E-state index is -0.524. The van der Waals surface area contributed by atoms with Gasteiger partial charge in [-0.05, 0) is 99.2 Å². The molecule has 0 aromatic rings. The van der Waals surface area contributed by atoms with Crippen LogP contribution in [0.2, 0.25) is 0 Å². The van der Waals surface area contributed by atoms with Crippen LogP contribution in [-0.2, 0) is 9.53 Å². The zero-order chi connectivity index (χ0) is 19.4. The van der Waals surface area contributed by atoms with Gasteiger partial charge < -0.3 is 14.9 Å². The normalized spacial score (nSPS) is 52.0. The third-order valence-electron chi connectivity index (χ3n) is 9.61. The average molecular weight is 379 g/mol. The highest BCUT2D eigenvalue weighted by Gasteiger charge is 2.63. The van der Waals surface area contributed by atoms with Gasteiger partial charge in [0.05, 0.1) is 12.2 Å². The third-order valence-corrected chi connectivity index (χ3v) is 9.61. The second-order valence-corrected chi connectivity index (χ2v) is 10.8. The summed E-state index contributed by atoms with van der Waals surface area (Å²) in [5.74, 6) is 2.61. The number of carbonyl (C=O) groups excluding carboxylic acids is 1. The number of methoxy groups -OCH3 is 1. The van der Waals surface area contributed by atoms with Crippen molar-refractivity contribution in [2.24, 2.45) is 40.4 Å². The van der Waals surface area contributed by atoms with Crippen molar-refractivity contribution in [3.63, 3.8) is 0 Å². The Morgan fingerprint density at radius 1 is 1.04 bits per heavy atom. The molecule has 0 amide bonds. The SMILES string of the molecule is COC[C@]12CC[C@@](C)(O)C[C@@H]1CC[C@H]1[C@@H]3CC[C@H](C(=O)CO)[C@@]3(C)CC[C@@H]12. The molecule has 0 unspecified atom stereocenters. The summed E-state index contributed by atoms with van der Waals surface area (Å²) < 4.78 is 5.80. The van der Waals surface area contributed by atoms with E-state index in [9.17, 15) is 15.0 Å². The molecule has 2 N–H and O–H groups in total. The Balaban J connectivity index is 1.63. The molecular weight excluding hydrogens is 340 g/mol. The van der Waals surface area contributed by atoms with E-state index in [1.54, 1.807) is 0 Å². The lowest BCUT2D eigenvalue weighted by Crippen LogP contribution is -2.58. The predicted octanol–water partition coefficient (Wildman–Crippen LogP) is 3.58. The van der Waals surface area contributed by atoms with E-state index >= 15 is 0 Å². The number of carbonyl (C=O) groups is 1. The Morgan fingerprint density at radius 3 is 2.52 bits per heavy atom. The van der Waals surface area contributed by atoms with Gasteiger partial charge in [-0.3, -0.25) is 4.79 Å². The van der Waals surface area contributed by atoms with Crippen molar-refractivity contribution in [3.8, 4) is 0 Å². The molecular formula is C23H38O4. The smallest absolute Gasteiger partial charge is 0.161 e. The number of aliphatic hydroxyl groups is 2. The van der Waals surface area contributed by atoms with Crippen LogP contribution in [-0.4, -0.2) is 41.9 Å². The van der Waals surface area contributed by atoms with E-state index in [1.165, 1.54) is 19.3 Å². The molecule has 4 heteroatoms.